The van der Waals surface area contributed by atoms with Gasteiger partial charge in [0.25, 0.3) is 5.91 Å². The minimum Gasteiger partial charge on any atom is -0.508 e. The van der Waals surface area contributed by atoms with Crippen molar-refractivity contribution in [3.63, 3.8) is 0 Å². The molecule has 5 heteroatoms. The third kappa shape index (κ3) is 5.39. The number of fused-ring (bicyclic) bond motifs is 1. The molecule has 33 heavy (non-hydrogen) atoms. The quantitative estimate of drug-likeness (QED) is 0.348. The van der Waals surface area contributed by atoms with Crippen molar-refractivity contribution in [2.45, 2.75) is 19.8 Å². The second kappa shape index (κ2) is 10.0. The molecule has 4 aromatic carbocycles. The van der Waals surface area contributed by atoms with Gasteiger partial charge in [-0.2, -0.15) is 0 Å². The van der Waals surface area contributed by atoms with Gasteiger partial charge < -0.3 is 15.2 Å². The number of ether oxygens (including phenoxy) is 1. The Balaban J connectivity index is 1.62. The lowest BCUT2D eigenvalue weighted by Gasteiger charge is -2.12. The summed E-state index contributed by atoms with van der Waals surface area (Å²) in [6.07, 6.45) is 0.834. The molecule has 166 valence electrons. The van der Waals surface area contributed by atoms with Crippen LogP contribution in [-0.4, -0.2) is 23.6 Å². The van der Waals surface area contributed by atoms with E-state index < -0.39 is 0 Å². The molecule has 0 radical (unpaired) electrons. The number of aryl methyl sites for hydroxylation is 1. The van der Waals surface area contributed by atoms with E-state index in [0.29, 0.717) is 30.7 Å². The SMILES string of the molecule is CCOC(=O)CCc1cccc(NC(=O)c2cc(-c3cccc(O)c3)cc3ccccc23)c1. The van der Waals surface area contributed by atoms with Gasteiger partial charge in [-0.15, -0.1) is 0 Å². The molecule has 0 heterocycles. The first-order valence-electron chi connectivity index (χ1n) is 10.9. The van der Waals surface area contributed by atoms with Crippen molar-refractivity contribution in [1.82, 2.24) is 0 Å². The first-order valence-corrected chi connectivity index (χ1v) is 10.9. The van der Waals surface area contributed by atoms with Crippen LogP contribution in [0.5, 0.6) is 5.75 Å². The Morgan fingerprint density at radius 2 is 1.70 bits per heavy atom. The van der Waals surface area contributed by atoms with Crippen molar-refractivity contribution in [2.75, 3.05) is 11.9 Å². The third-order valence-corrected chi connectivity index (χ3v) is 5.39. The normalized spacial score (nSPS) is 10.7. The maximum absolute atomic E-state index is 13.3. The highest BCUT2D eigenvalue weighted by molar-refractivity contribution is 6.14. The molecular formula is C28H25NO4. The molecular weight excluding hydrogens is 414 g/mol. The summed E-state index contributed by atoms with van der Waals surface area (Å²) >= 11 is 0. The molecule has 4 aromatic rings. The molecule has 4 rings (SSSR count). The minimum atomic E-state index is -0.234. The Morgan fingerprint density at radius 1 is 0.879 bits per heavy atom. The molecule has 1 amide bonds. The standard InChI is InChI=1S/C28H25NO4/c1-2-33-27(31)14-13-19-7-5-10-23(15-19)29-28(32)26-18-22(20-9-6-11-24(30)17-20)16-21-8-3-4-12-25(21)26/h3-12,15-18,30H,2,13-14H2,1H3,(H,29,32). The largest absolute Gasteiger partial charge is 0.508 e. The number of phenolic OH excluding ortho intramolecular Hbond substituents is 1. The number of anilines is 1. The van der Waals surface area contributed by atoms with E-state index in [1.807, 2.05) is 66.7 Å². The van der Waals surface area contributed by atoms with Crippen LogP contribution in [0.15, 0.2) is 84.9 Å². The molecule has 0 bridgehead atoms. The van der Waals surface area contributed by atoms with E-state index in [-0.39, 0.29) is 17.6 Å². The summed E-state index contributed by atoms with van der Waals surface area (Å²) in [6, 6.07) is 26.0. The van der Waals surface area contributed by atoms with Gasteiger partial charge in [-0.05, 0) is 77.2 Å². The number of esters is 1. The first kappa shape index (κ1) is 22.1. The number of carbonyl (C=O) groups excluding carboxylic acids is 2. The third-order valence-electron chi connectivity index (χ3n) is 5.39. The highest BCUT2D eigenvalue weighted by atomic mass is 16.5. The predicted octanol–water partition coefficient (Wildman–Crippen LogP) is 5.96. The molecule has 0 saturated heterocycles. The van der Waals surface area contributed by atoms with E-state index in [2.05, 4.69) is 5.32 Å². The van der Waals surface area contributed by atoms with E-state index in [9.17, 15) is 14.7 Å². The van der Waals surface area contributed by atoms with Crippen LogP contribution in [0.4, 0.5) is 5.69 Å². The first-order chi connectivity index (χ1) is 16.0. The Labute approximate surface area is 192 Å². The maximum atomic E-state index is 13.3. The smallest absolute Gasteiger partial charge is 0.306 e. The summed E-state index contributed by atoms with van der Waals surface area (Å²) in [5.74, 6) is -0.288. The molecule has 0 spiro atoms. The molecule has 0 aromatic heterocycles. The molecule has 0 aliphatic rings. The predicted molar refractivity (Wildman–Crippen MR) is 130 cm³/mol. The van der Waals surface area contributed by atoms with Crippen molar-refractivity contribution < 1.29 is 19.4 Å². The average molecular weight is 440 g/mol. The highest BCUT2D eigenvalue weighted by Gasteiger charge is 2.14. The van der Waals surface area contributed by atoms with E-state index >= 15 is 0 Å². The van der Waals surface area contributed by atoms with Gasteiger partial charge in [0.05, 0.1) is 6.61 Å². The van der Waals surface area contributed by atoms with Crippen molar-refractivity contribution in [2.24, 2.45) is 0 Å². The number of hydrogen-bond acceptors (Lipinski definition) is 4. The molecule has 5 nitrogen and oxygen atoms in total. The van der Waals surface area contributed by atoms with Crippen LogP contribution in [0.2, 0.25) is 0 Å². The van der Waals surface area contributed by atoms with Gasteiger partial charge in [0.15, 0.2) is 0 Å². The lowest BCUT2D eigenvalue weighted by atomic mass is 9.96. The van der Waals surface area contributed by atoms with Crippen LogP contribution in [0.25, 0.3) is 21.9 Å². The fourth-order valence-corrected chi connectivity index (χ4v) is 3.83. The number of hydrogen-bond donors (Lipinski definition) is 2. The summed E-state index contributed by atoms with van der Waals surface area (Å²) in [5.41, 5.74) is 3.82. The summed E-state index contributed by atoms with van der Waals surface area (Å²) in [5, 5.41) is 14.7. The zero-order chi connectivity index (χ0) is 23.2. The summed E-state index contributed by atoms with van der Waals surface area (Å²) < 4.78 is 4.99. The monoisotopic (exact) mass is 439 g/mol. The average Bonchev–Trinajstić information content (AvgIpc) is 2.82. The summed E-state index contributed by atoms with van der Waals surface area (Å²) in [7, 11) is 0. The van der Waals surface area contributed by atoms with E-state index in [1.165, 1.54) is 0 Å². The number of nitrogens with one attached hydrogen (secondary N) is 1. The Morgan fingerprint density at radius 3 is 2.52 bits per heavy atom. The van der Waals surface area contributed by atoms with Crippen LogP contribution in [0.1, 0.15) is 29.3 Å². The van der Waals surface area contributed by atoms with Crippen LogP contribution in [0, 0.1) is 0 Å². The van der Waals surface area contributed by atoms with Gasteiger partial charge in [-0.3, -0.25) is 9.59 Å². The van der Waals surface area contributed by atoms with E-state index in [0.717, 1.165) is 27.5 Å². The molecule has 0 unspecified atom stereocenters. The molecule has 0 aliphatic heterocycles. The van der Waals surface area contributed by atoms with Crippen molar-refractivity contribution >= 4 is 28.3 Å². The Kier molecular flexibility index (Phi) is 6.69. The van der Waals surface area contributed by atoms with Gasteiger partial charge in [0.1, 0.15) is 5.75 Å². The van der Waals surface area contributed by atoms with Gasteiger partial charge in [0.2, 0.25) is 0 Å². The fourth-order valence-electron chi connectivity index (χ4n) is 3.83. The van der Waals surface area contributed by atoms with Crippen LogP contribution < -0.4 is 5.32 Å². The van der Waals surface area contributed by atoms with Crippen LogP contribution >= 0.6 is 0 Å². The summed E-state index contributed by atoms with van der Waals surface area (Å²) in [4.78, 5) is 25.0. The van der Waals surface area contributed by atoms with Gasteiger partial charge >= 0.3 is 5.97 Å². The molecule has 2 N–H and O–H groups in total. The number of benzene rings is 4. The molecule has 0 aliphatic carbocycles. The highest BCUT2D eigenvalue weighted by Crippen LogP contribution is 2.30. The van der Waals surface area contributed by atoms with Gasteiger partial charge in [-0.25, -0.2) is 0 Å². The van der Waals surface area contributed by atoms with Crippen LogP contribution in [-0.2, 0) is 16.0 Å². The number of phenols is 1. The lowest BCUT2D eigenvalue weighted by Crippen LogP contribution is -2.13. The Hall–Kier alpha value is -4.12. The topological polar surface area (TPSA) is 75.6 Å². The van der Waals surface area contributed by atoms with Crippen LogP contribution in [0.3, 0.4) is 0 Å². The maximum Gasteiger partial charge on any atom is 0.306 e. The van der Waals surface area contributed by atoms with E-state index in [4.69, 9.17) is 4.74 Å². The number of rotatable bonds is 7. The number of amides is 1. The second-order valence-corrected chi connectivity index (χ2v) is 7.75. The molecule has 0 saturated carbocycles. The zero-order valence-corrected chi connectivity index (χ0v) is 18.4. The lowest BCUT2D eigenvalue weighted by molar-refractivity contribution is -0.143. The number of aromatic hydroxyl groups is 1. The summed E-state index contributed by atoms with van der Waals surface area (Å²) in [6.45, 7) is 2.15. The second-order valence-electron chi connectivity index (χ2n) is 7.75. The van der Waals surface area contributed by atoms with E-state index in [1.54, 1.807) is 25.1 Å². The Bertz CT molecular complexity index is 1310. The van der Waals surface area contributed by atoms with Crippen molar-refractivity contribution in [3.8, 4) is 16.9 Å². The van der Waals surface area contributed by atoms with Crippen molar-refractivity contribution in [1.29, 1.82) is 0 Å². The van der Waals surface area contributed by atoms with Gasteiger partial charge in [0, 0.05) is 17.7 Å². The van der Waals surface area contributed by atoms with Crippen molar-refractivity contribution in [3.05, 3.63) is 96.1 Å². The fraction of sp³-hybridized carbons (Fsp3) is 0.143. The molecule has 0 fully saturated rings. The van der Waals surface area contributed by atoms with Gasteiger partial charge in [-0.1, -0.05) is 48.5 Å². The number of carbonyl (C=O) groups is 2. The zero-order valence-electron chi connectivity index (χ0n) is 18.4. The molecule has 0 atom stereocenters. The minimum absolute atomic E-state index is 0.172.